The molecule has 1 amide bonds. The first-order valence-corrected chi connectivity index (χ1v) is 8.63. The Bertz CT molecular complexity index is 742. The number of carbonyl (C=O) groups excluding carboxylic acids is 1. The number of nitrogens with zero attached hydrogens (tertiary/aromatic N) is 3. The molecule has 1 aliphatic carbocycles. The van der Waals surface area contributed by atoms with Gasteiger partial charge in [0.15, 0.2) is 0 Å². The molecule has 0 radical (unpaired) electrons. The fourth-order valence-electron chi connectivity index (χ4n) is 3.20. The van der Waals surface area contributed by atoms with E-state index in [0.717, 1.165) is 13.1 Å². The van der Waals surface area contributed by atoms with Gasteiger partial charge in [0, 0.05) is 31.4 Å². The Morgan fingerprint density at radius 3 is 2.88 bits per heavy atom. The highest BCUT2D eigenvalue weighted by atomic mass is 19.1. The van der Waals surface area contributed by atoms with Crippen molar-refractivity contribution in [3.63, 3.8) is 0 Å². The molecule has 4 rings (SSSR count). The Kier molecular flexibility index (Phi) is 4.50. The minimum Gasteiger partial charge on any atom is -0.374 e. The molecule has 7 heteroatoms. The van der Waals surface area contributed by atoms with Crippen molar-refractivity contribution in [2.45, 2.75) is 25.0 Å². The molecule has 0 spiro atoms. The zero-order chi connectivity index (χ0) is 17.2. The Labute approximate surface area is 145 Å². The van der Waals surface area contributed by atoms with E-state index in [2.05, 4.69) is 15.2 Å². The van der Waals surface area contributed by atoms with Crippen molar-refractivity contribution in [2.75, 3.05) is 26.2 Å². The predicted molar refractivity (Wildman–Crippen MR) is 90.2 cm³/mol. The lowest BCUT2D eigenvalue weighted by atomic mass is 10.2. The number of carbonyl (C=O) groups is 1. The van der Waals surface area contributed by atoms with Gasteiger partial charge in [-0.1, -0.05) is 0 Å². The van der Waals surface area contributed by atoms with E-state index in [1.807, 2.05) is 0 Å². The highest BCUT2D eigenvalue weighted by molar-refractivity contribution is 5.93. The average molecular weight is 344 g/mol. The number of hydrogen-bond donors (Lipinski definition) is 1. The van der Waals surface area contributed by atoms with Crippen molar-refractivity contribution in [1.82, 2.24) is 19.8 Å². The van der Waals surface area contributed by atoms with Gasteiger partial charge in [0.05, 0.1) is 25.2 Å². The van der Waals surface area contributed by atoms with Crippen molar-refractivity contribution in [2.24, 2.45) is 0 Å². The second-order valence-corrected chi connectivity index (χ2v) is 6.55. The summed E-state index contributed by atoms with van der Waals surface area (Å²) in [5, 5.41) is 2.93. The van der Waals surface area contributed by atoms with Crippen LogP contribution < -0.4 is 5.32 Å². The second-order valence-electron chi connectivity index (χ2n) is 6.55. The van der Waals surface area contributed by atoms with Crippen LogP contribution in [-0.2, 0) is 4.74 Å². The Morgan fingerprint density at radius 1 is 1.32 bits per heavy atom. The summed E-state index contributed by atoms with van der Waals surface area (Å²) in [7, 11) is 0. The third-order valence-corrected chi connectivity index (χ3v) is 4.70. The van der Waals surface area contributed by atoms with Crippen molar-refractivity contribution in [3.8, 4) is 5.69 Å². The maximum atomic E-state index is 13.1. The Balaban J connectivity index is 1.38. The number of ether oxygens (including phenoxy) is 1. The summed E-state index contributed by atoms with van der Waals surface area (Å²) in [4.78, 5) is 19.0. The number of nitrogens with one attached hydrogen (secondary N) is 1. The van der Waals surface area contributed by atoms with E-state index < -0.39 is 0 Å². The zero-order valence-corrected chi connectivity index (χ0v) is 13.9. The Hall–Kier alpha value is -2.25. The zero-order valence-electron chi connectivity index (χ0n) is 13.9. The smallest absolute Gasteiger partial charge is 0.270 e. The van der Waals surface area contributed by atoms with Gasteiger partial charge in [-0.15, -0.1) is 0 Å². The van der Waals surface area contributed by atoms with Gasteiger partial charge in [-0.25, -0.2) is 9.37 Å². The van der Waals surface area contributed by atoms with Crippen LogP contribution in [0.1, 0.15) is 23.3 Å². The van der Waals surface area contributed by atoms with Gasteiger partial charge >= 0.3 is 0 Å². The number of imidazole rings is 1. The molecule has 0 bridgehead atoms. The van der Waals surface area contributed by atoms with Crippen molar-refractivity contribution >= 4 is 5.91 Å². The maximum Gasteiger partial charge on any atom is 0.270 e. The topological polar surface area (TPSA) is 59.4 Å². The summed E-state index contributed by atoms with van der Waals surface area (Å²) < 4.78 is 20.5. The molecule has 1 atom stereocenters. The number of amides is 1. The molecule has 1 N–H and O–H groups in total. The van der Waals surface area contributed by atoms with E-state index in [-0.39, 0.29) is 17.8 Å². The molecule has 1 aliphatic heterocycles. The SMILES string of the molecule is O=C(NCC1CN(C2CC2)CCO1)c1cncn1-c1ccc(F)cc1. The standard InChI is InChI=1S/C18H21FN4O2/c19-13-1-3-15(4-2-13)23-12-20-10-17(23)18(24)21-9-16-11-22(7-8-25-16)14-5-6-14/h1-4,10,12,14,16H,5-9,11H2,(H,21,24). The minimum atomic E-state index is -0.315. The third-order valence-electron chi connectivity index (χ3n) is 4.70. The minimum absolute atomic E-state index is 0.0143. The first-order chi connectivity index (χ1) is 12.2. The number of hydrogen-bond acceptors (Lipinski definition) is 4. The van der Waals surface area contributed by atoms with Gasteiger partial charge in [0.1, 0.15) is 11.5 Å². The molecular formula is C18H21FN4O2. The van der Waals surface area contributed by atoms with E-state index in [9.17, 15) is 9.18 Å². The second kappa shape index (κ2) is 6.93. The molecule has 25 heavy (non-hydrogen) atoms. The molecule has 132 valence electrons. The number of rotatable bonds is 5. The molecule has 1 saturated heterocycles. The number of benzene rings is 1. The van der Waals surface area contributed by atoms with E-state index in [0.29, 0.717) is 30.6 Å². The number of aromatic nitrogens is 2. The molecule has 2 aromatic rings. The lowest BCUT2D eigenvalue weighted by Crippen LogP contribution is -2.48. The van der Waals surface area contributed by atoms with Crippen LogP contribution in [0.25, 0.3) is 5.69 Å². The number of halogens is 1. The van der Waals surface area contributed by atoms with Gasteiger partial charge in [-0.05, 0) is 37.1 Å². The van der Waals surface area contributed by atoms with Crippen LogP contribution in [-0.4, -0.2) is 58.7 Å². The van der Waals surface area contributed by atoms with Crippen LogP contribution in [0.5, 0.6) is 0 Å². The molecule has 6 nitrogen and oxygen atoms in total. The third kappa shape index (κ3) is 3.72. The molecule has 2 fully saturated rings. The normalized spacial score (nSPS) is 21.2. The lowest BCUT2D eigenvalue weighted by Gasteiger charge is -2.33. The van der Waals surface area contributed by atoms with E-state index in [1.54, 1.807) is 23.0 Å². The highest BCUT2D eigenvalue weighted by Crippen LogP contribution is 2.28. The maximum absolute atomic E-state index is 13.1. The Morgan fingerprint density at radius 2 is 2.12 bits per heavy atom. The van der Waals surface area contributed by atoms with Crippen molar-refractivity contribution < 1.29 is 13.9 Å². The number of morpholine rings is 1. The van der Waals surface area contributed by atoms with Crippen LogP contribution in [0.4, 0.5) is 4.39 Å². The molecule has 2 aliphatic rings. The van der Waals surface area contributed by atoms with Crippen LogP contribution in [0, 0.1) is 5.82 Å². The van der Waals surface area contributed by atoms with Crippen molar-refractivity contribution in [1.29, 1.82) is 0 Å². The average Bonchev–Trinajstić information content (AvgIpc) is 3.38. The summed E-state index contributed by atoms with van der Waals surface area (Å²) in [5.74, 6) is -0.529. The molecular weight excluding hydrogens is 323 g/mol. The molecule has 1 saturated carbocycles. The van der Waals surface area contributed by atoms with Gasteiger partial charge in [0.25, 0.3) is 5.91 Å². The van der Waals surface area contributed by atoms with Crippen LogP contribution in [0.2, 0.25) is 0 Å². The molecule has 1 unspecified atom stereocenters. The largest absolute Gasteiger partial charge is 0.374 e. The summed E-state index contributed by atoms with van der Waals surface area (Å²) in [6.07, 6.45) is 5.62. The molecule has 2 heterocycles. The van der Waals surface area contributed by atoms with Crippen LogP contribution in [0.3, 0.4) is 0 Å². The van der Waals surface area contributed by atoms with E-state index in [1.165, 1.54) is 31.2 Å². The first-order valence-electron chi connectivity index (χ1n) is 8.63. The van der Waals surface area contributed by atoms with Gasteiger partial charge < -0.3 is 10.1 Å². The van der Waals surface area contributed by atoms with Gasteiger partial charge in [0.2, 0.25) is 0 Å². The summed E-state index contributed by atoms with van der Waals surface area (Å²) in [6, 6.07) is 6.66. The monoisotopic (exact) mass is 344 g/mol. The fraction of sp³-hybridized carbons (Fsp3) is 0.444. The van der Waals surface area contributed by atoms with Gasteiger partial charge in [-0.2, -0.15) is 0 Å². The first kappa shape index (κ1) is 16.2. The lowest BCUT2D eigenvalue weighted by molar-refractivity contribution is -0.0293. The molecule has 1 aromatic carbocycles. The summed E-state index contributed by atoms with van der Waals surface area (Å²) in [6.45, 7) is 3.02. The molecule has 1 aromatic heterocycles. The van der Waals surface area contributed by atoms with Crippen molar-refractivity contribution in [3.05, 3.63) is 48.3 Å². The van der Waals surface area contributed by atoms with Crippen LogP contribution in [0.15, 0.2) is 36.8 Å². The van der Waals surface area contributed by atoms with E-state index in [4.69, 9.17) is 4.74 Å². The van der Waals surface area contributed by atoms with E-state index >= 15 is 0 Å². The summed E-state index contributed by atoms with van der Waals surface area (Å²) in [5.41, 5.74) is 1.11. The quantitative estimate of drug-likeness (QED) is 0.895. The fourth-order valence-corrected chi connectivity index (χ4v) is 3.20. The van der Waals surface area contributed by atoms with Gasteiger partial charge in [-0.3, -0.25) is 14.3 Å². The highest BCUT2D eigenvalue weighted by Gasteiger charge is 2.33. The predicted octanol–water partition coefficient (Wildman–Crippen LogP) is 1.60. The van der Waals surface area contributed by atoms with Crippen LogP contribution >= 0.6 is 0 Å². The summed E-state index contributed by atoms with van der Waals surface area (Å²) >= 11 is 0.